The SMILES string of the molecule is C[C@H](C(=O)Nc1cccc(S(=O)(=O)N(C)C)c1)[NH+](C)Cc1ccc2ccccc2c1. The summed E-state index contributed by atoms with van der Waals surface area (Å²) in [6, 6.07) is 20.5. The standard InChI is InChI=1S/C23H27N3O3S/c1-17(26(4)16-18-12-13-19-8-5-6-9-20(19)14-18)23(27)24-21-10-7-11-22(15-21)30(28,29)25(2)3/h5-15,17H,16H2,1-4H3,(H,24,27)/p+1/t17-/m1/s1. The number of carbonyl (C=O) groups excluding carboxylic acids is 1. The fourth-order valence-electron chi connectivity index (χ4n) is 3.24. The molecule has 158 valence electrons. The Morgan fingerprint density at radius 2 is 1.70 bits per heavy atom. The summed E-state index contributed by atoms with van der Waals surface area (Å²) in [4.78, 5) is 13.9. The first-order chi connectivity index (χ1) is 14.2. The lowest BCUT2D eigenvalue weighted by Crippen LogP contribution is -3.12. The molecule has 0 aliphatic rings. The number of rotatable bonds is 7. The van der Waals surface area contributed by atoms with Crippen LogP contribution in [0.3, 0.4) is 0 Å². The van der Waals surface area contributed by atoms with Crippen molar-refractivity contribution >= 4 is 32.4 Å². The predicted octanol–water partition coefficient (Wildman–Crippen LogP) is 2.13. The van der Waals surface area contributed by atoms with Crippen LogP contribution in [0, 0.1) is 0 Å². The van der Waals surface area contributed by atoms with Crippen LogP contribution in [0.4, 0.5) is 5.69 Å². The number of nitrogens with one attached hydrogen (secondary N) is 2. The lowest BCUT2D eigenvalue weighted by molar-refractivity contribution is -0.907. The monoisotopic (exact) mass is 426 g/mol. The van der Waals surface area contributed by atoms with Gasteiger partial charge < -0.3 is 10.2 Å². The average molecular weight is 427 g/mol. The van der Waals surface area contributed by atoms with Gasteiger partial charge in [0.05, 0.1) is 11.9 Å². The predicted molar refractivity (Wildman–Crippen MR) is 120 cm³/mol. The molecule has 3 rings (SSSR count). The summed E-state index contributed by atoms with van der Waals surface area (Å²) in [6.45, 7) is 2.57. The minimum Gasteiger partial charge on any atom is -0.324 e. The highest BCUT2D eigenvalue weighted by molar-refractivity contribution is 7.89. The molecule has 0 aromatic heterocycles. The molecule has 0 aliphatic heterocycles. The number of likely N-dealkylation sites (N-methyl/N-ethyl adjacent to an activating group) is 1. The van der Waals surface area contributed by atoms with Crippen molar-refractivity contribution in [3.8, 4) is 0 Å². The summed E-state index contributed by atoms with van der Waals surface area (Å²) in [5.74, 6) is -0.160. The van der Waals surface area contributed by atoms with E-state index in [0.717, 1.165) is 14.8 Å². The Morgan fingerprint density at radius 1 is 1.00 bits per heavy atom. The molecule has 0 saturated heterocycles. The molecular weight excluding hydrogens is 398 g/mol. The Balaban J connectivity index is 1.69. The number of hydrogen-bond acceptors (Lipinski definition) is 3. The third-order valence-electron chi connectivity index (χ3n) is 5.31. The van der Waals surface area contributed by atoms with E-state index in [9.17, 15) is 13.2 Å². The van der Waals surface area contributed by atoms with Gasteiger partial charge in [-0.1, -0.05) is 42.5 Å². The quantitative estimate of drug-likeness (QED) is 0.608. The van der Waals surface area contributed by atoms with Gasteiger partial charge in [-0.3, -0.25) is 4.79 Å². The number of anilines is 1. The van der Waals surface area contributed by atoms with Gasteiger partial charge in [-0.05, 0) is 42.0 Å². The van der Waals surface area contributed by atoms with Crippen molar-refractivity contribution < 1.29 is 18.1 Å². The summed E-state index contributed by atoms with van der Waals surface area (Å²) in [5, 5.41) is 5.22. The number of carbonyl (C=O) groups is 1. The van der Waals surface area contributed by atoms with Crippen LogP contribution in [-0.2, 0) is 21.4 Å². The molecule has 1 amide bonds. The molecule has 6 nitrogen and oxygen atoms in total. The molecule has 3 aromatic carbocycles. The molecule has 7 heteroatoms. The molecule has 0 bridgehead atoms. The van der Waals surface area contributed by atoms with Crippen molar-refractivity contribution in [2.45, 2.75) is 24.4 Å². The maximum absolute atomic E-state index is 12.8. The van der Waals surface area contributed by atoms with Gasteiger partial charge in [0.15, 0.2) is 6.04 Å². The number of amides is 1. The van der Waals surface area contributed by atoms with Crippen molar-refractivity contribution in [1.29, 1.82) is 0 Å². The van der Waals surface area contributed by atoms with Crippen LogP contribution in [0.2, 0.25) is 0 Å². The van der Waals surface area contributed by atoms with Gasteiger partial charge in [0, 0.05) is 25.3 Å². The van der Waals surface area contributed by atoms with Crippen LogP contribution >= 0.6 is 0 Å². The van der Waals surface area contributed by atoms with Gasteiger partial charge in [0.2, 0.25) is 10.0 Å². The third-order valence-corrected chi connectivity index (χ3v) is 7.12. The van der Waals surface area contributed by atoms with Crippen LogP contribution in [-0.4, -0.2) is 45.8 Å². The zero-order valence-electron chi connectivity index (χ0n) is 17.7. The van der Waals surface area contributed by atoms with E-state index in [4.69, 9.17) is 0 Å². The highest BCUT2D eigenvalue weighted by Crippen LogP contribution is 2.18. The molecule has 3 aromatic rings. The average Bonchev–Trinajstić information content (AvgIpc) is 2.73. The molecule has 0 radical (unpaired) electrons. The zero-order chi connectivity index (χ0) is 21.9. The summed E-state index contributed by atoms with van der Waals surface area (Å²) in [7, 11) is 1.38. The first kappa shape index (κ1) is 22.0. The second-order valence-electron chi connectivity index (χ2n) is 7.73. The largest absolute Gasteiger partial charge is 0.324 e. The van der Waals surface area contributed by atoms with Crippen LogP contribution in [0.15, 0.2) is 71.6 Å². The van der Waals surface area contributed by atoms with E-state index < -0.39 is 10.0 Å². The molecule has 0 spiro atoms. The van der Waals surface area contributed by atoms with Crippen molar-refractivity contribution in [2.24, 2.45) is 0 Å². The number of sulfonamides is 1. The van der Waals surface area contributed by atoms with E-state index in [1.165, 1.54) is 37.0 Å². The lowest BCUT2D eigenvalue weighted by atomic mass is 10.1. The number of hydrogen-bond donors (Lipinski definition) is 2. The Bertz CT molecular complexity index is 1160. The smallest absolute Gasteiger partial charge is 0.282 e. The van der Waals surface area contributed by atoms with E-state index in [2.05, 4.69) is 35.6 Å². The highest BCUT2D eigenvalue weighted by atomic mass is 32.2. The Morgan fingerprint density at radius 3 is 2.40 bits per heavy atom. The Kier molecular flexibility index (Phi) is 6.55. The van der Waals surface area contributed by atoms with Gasteiger partial charge in [-0.25, -0.2) is 12.7 Å². The topological polar surface area (TPSA) is 70.9 Å². The first-order valence-electron chi connectivity index (χ1n) is 9.82. The van der Waals surface area contributed by atoms with Gasteiger partial charge in [-0.15, -0.1) is 0 Å². The Hall–Kier alpha value is -2.74. The second-order valence-corrected chi connectivity index (χ2v) is 9.88. The highest BCUT2D eigenvalue weighted by Gasteiger charge is 2.23. The third kappa shape index (κ3) is 4.87. The van der Waals surface area contributed by atoms with Crippen molar-refractivity contribution in [1.82, 2.24) is 4.31 Å². The summed E-state index contributed by atoms with van der Waals surface area (Å²) in [5.41, 5.74) is 1.62. The van der Waals surface area contributed by atoms with E-state index in [0.29, 0.717) is 12.2 Å². The normalized spacial score (nSPS) is 13.9. The van der Waals surface area contributed by atoms with Crippen molar-refractivity contribution in [3.05, 3.63) is 72.3 Å². The van der Waals surface area contributed by atoms with Gasteiger partial charge in [0.1, 0.15) is 6.54 Å². The van der Waals surface area contributed by atoms with Crippen LogP contribution in [0.5, 0.6) is 0 Å². The van der Waals surface area contributed by atoms with Crippen LogP contribution in [0.25, 0.3) is 10.8 Å². The van der Waals surface area contributed by atoms with E-state index >= 15 is 0 Å². The molecule has 0 aliphatic carbocycles. The van der Waals surface area contributed by atoms with Gasteiger partial charge >= 0.3 is 0 Å². The van der Waals surface area contributed by atoms with Gasteiger partial charge in [0.25, 0.3) is 5.91 Å². The fourth-order valence-corrected chi connectivity index (χ4v) is 4.19. The minimum absolute atomic E-state index is 0.148. The lowest BCUT2D eigenvalue weighted by Gasteiger charge is -2.21. The number of fused-ring (bicyclic) bond motifs is 1. The maximum atomic E-state index is 12.8. The van der Waals surface area contributed by atoms with E-state index in [-0.39, 0.29) is 16.8 Å². The molecule has 0 heterocycles. The second kappa shape index (κ2) is 8.95. The Labute approximate surface area is 178 Å². The molecular formula is C23H28N3O3S+. The van der Waals surface area contributed by atoms with Crippen LogP contribution in [0.1, 0.15) is 12.5 Å². The van der Waals surface area contributed by atoms with Crippen molar-refractivity contribution in [3.63, 3.8) is 0 Å². The summed E-state index contributed by atoms with van der Waals surface area (Å²) < 4.78 is 25.8. The molecule has 2 N–H and O–H groups in total. The van der Waals surface area contributed by atoms with Crippen LogP contribution < -0.4 is 10.2 Å². The summed E-state index contributed by atoms with van der Waals surface area (Å²) in [6.07, 6.45) is 0. The van der Waals surface area contributed by atoms with Crippen molar-refractivity contribution in [2.75, 3.05) is 26.5 Å². The molecule has 0 saturated carbocycles. The molecule has 30 heavy (non-hydrogen) atoms. The number of nitrogens with zero attached hydrogens (tertiary/aromatic N) is 1. The number of benzene rings is 3. The minimum atomic E-state index is -3.55. The fraction of sp³-hybridized carbons (Fsp3) is 0.261. The molecule has 0 fully saturated rings. The molecule has 2 atom stereocenters. The maximum Gasteiger partial charge on any atom is 0.282 e. The number of quaternary nitrogens is 1. The van der Waals surface area contributed by atoms with E-state index in [1.54, 1.807) is 12.1 Å². The zero-order valence-corrected chi connectivity index (χ0v) is 18.5. The first-order valence-corrected chi connectivity index (χ1v) is 11.3. The van der Waals surface area contributed by atoms with Gasteiger partial charge in [-0.2, -0.15) is 0 Å². The molecule has 1 unspecified atom stereocenters. The van der Waals surface area contributed by atoms with E-state index in [1.807, 2.05) is 26.1 Å². The summed E-state index contributed by atoms with van der Waals surface area (Å²) >= 11 is 0.